The first-order valence-corrected chi connectivity index (χ1v) is 20.9. The molecule has 1 aromatic rings. The summed E-state index contributed by atoms with van der Waals surface area (Å²) in [5.74, 6) is -0.767. The van der Waals surface area contributed by atoms with Crippen molar-refractivity contribution in [2.45, 2.75) is 131 Å². The van der Waals surface area contributed by atoms with Gasteiger partial charge in [-0.2, -0.15) is 0 Å². The van der Waals surface area contributed by atoms with E-state index in [9.17, 15) is 33.6 Å². The number of hydrogen-bond acceptors (Lipinski definition) is 8. The molecule has 5 atom stereocenters. The quantitative estimate of drug-likeness (QED) is 0.124. The first kappa shape index (κ1) is 47.3. The normalized spacial score (nSPS) is 20.4. The molecule has 7 amide bonds. The molecule has 2 fully saturated rings. The number of rotatable bonds is 14. The molecule has 2 saturated heterocycles. The maximum absolute atomic E-state index is 14.8. The lowest BCUT2D eigenvalue weighted by Crippen LogP contribution is -2.62. The number of carbonyl (C=O) groups excluding carboxylic acids is 7. The number of nitrogens with zero attached hydrogens (tertiary/aromatic N) is 3. The molecule has 0 bridgehead atoms. The number of amides is 7. The fourth-order valence-electron chi connectivity index (χ4n) is 7.69. The van der Waals surface area contributed by atoms with E-state index >= 15 is 0 Å². The Balaban J connectivity index is 1.58. The van der Waals surface area contributed by atoms with E-state index in [1.807, 2.05) is 45.0 Å². The van der Waals surface area contributed by atoms with E-state index in [1.54, 1.807) is 30.6 Å². The number of nitrogens with one attached hydrogen (secondary N) is 4. The second kappa shape index (κ2) is 19.8. The van der Waals surface area contributed by atoms with Crippen molar-refractivity contribution in [3.63, 3.8) is 0 Å². The van der Waals surface area contributed by atoms with Crippen LogP contribution < -0.4 is 21.3 Å². The standard InChI is InChI=1S/C45H65N7O8/c1-11-13-18-32(36(54)39(56)46-21-12-2)47-38(55)33-24-31(60-42(59)51-22-19-29-16-14-15-17-30(29)26-51)27-52(33)40(57)37(44(6,7)8)49-41(58)48-34(43(3,4)5)28-50-23-20-45(9,10)25-35(50)53/h1,12,14-17,31-34,37H,2,13,18-28H2,3-10H3,(H,46,56)(H,47,55)(H2,48,49,58)/t31-,32?,33+,34-,37-/m1/s1. The number of urea groups is 1. The molecule has 0 aromatic heterocycles. The maximum atomic E-state index is 14.8. The van der Waals surface area contributed by atoms with Gasteiger partial charge < -0.3 is 40.7 Å². The summed E-state index contributed by atoms with van der Waals surface area (Å²) in [5, 5.41) is 11.0. The Labute approximate surface area is 355 Å². The van der Waals surface area contributed by atoms with Crippen molar-refractivity contribution in [2.24, 2.45) is 16.2 Å². The van der Waals surface area contributed by atoms with Gasteiger partial charge in [0.15, 0.2) is 0 Å². The maximum Gasteiger partial charge on any atom is 0.410 e. The molecule has 3 aliphatic heterocycles. The van der Waals surface area contributed by atoms with Crippen LogP contribution in [-0.2, 0) is 41.7 Å². The summed E-state index contributed by atoms with van der Waals surface area (Å²) in [5.41, 5.74) is 0.693. The molecule has 0 aliphatic carbocycles. The monoisotopic (exact) mass is 831 g/mol. The number of ketones is 1. The zero-order valence-corrected chi connectivity index (χ0v) is 36.7. The van der Waals surface area contributed by atoms with Crippen LogP contribution in [0.3, 0.4) is 0 Å². The van der Waals surface area contributed by atoms with Gasteiger partial charge in [0.1, 0.15) is 18.2 Å². The third kappa shape index (κ3) is 12.6. The Hall–Kier alpha value is -5.39. The van der Waals surface area contributed by atoms with Gasteiger partial charge in [0, 0.05) is 52.0 Å². The summed E-state index contributed by atoms with van der Waals surface area (Å²) >= 11 is 0. The molecular formula is C45H65N7O8. The van der Waals surface area contributed by atoms with Gasteiger partial charge >= 0.3 is 12.1 Å². The van der Waals surface area contributed by atoms with Gasteiger partial charge in [-0.05, 0) is 46.6 Å². The average molecular weight is 832 g/mol. The van der Waals surface area contributed by atoms with E-state index in [0.717, 1.165) is 17.5 Å². The highest BCUT2D eigenvalue weighted by Gasteiger charge is 2.47. The third-order valence-corrected chi connectivity index (χ3v) is 11.5. The molecular weight excluding hydrogens is 767 g/mol. The summed E-state index contributed by atoms with van der Waals surface area (Å²) in [4.78, 5) is 100. The van der Waals surface area contributed by atoms with Crippen LogP contribution in [0.5, 0.6) is 0 Å². The molecule has 3 heterocycles. The molecule has 4 rings (SSSR count). The number of carbonyl (C=O) groups is 7. The fraction of sp³-hybridized carbons (Fsp3) is 0.622. The van der Waals surface area contributed by atoms with E-state index in [1.165, 1.54) is 11.0 Å². The van der Waals surface area contributed by atoms with Gasteiger partial charge in [0.05, 0.1) is 18.6 Å². The van der Waals surface area contributed by atoms with Gasteiger partial charge in [-0.25, -0.2) is 9.59 Å². The number of fused-ring (bicyclic) bond motifs is 1. The Kier molecular flexibility index (Phi) is 15.6. The highest BCUT2D eigenvalue weighted by Crippen LogP contribution is 2.32. The highest BCUT2D eigenvalue weighted by molar-refractivity contribution is 6.38. The van der Waals surface area contributed by atoms with Crippen molar-refractivity contribution >= 4 is 41.5 Å². The van der Waals surface area contributed by atoms with Crippen LogP contribution in [0.25, 0.3) is 0 Å². The van der Waals surface area contributed by atoms with Crippen molar-refractivity contribution < 1.29 is 38.3 Å². The predicted molar refractivity (Wildman–Crippen MR) is 227 cm³/mol. The molecule has 0 radical (unpaired) electrons. The number of benzene rings is 1. The minimum atomic E-state index is -1.31. The van der Waals surface area contributed by atoms with Crippen LogP contribution in [0.1, 0.15) is 98.6 Å². The van der Waals surface area contributed by atoms with Crippen molar-refractivity contribution in [1.29, 1.82) is 0 Å². The summed E-state index contributed by atoms with van der Waals surface area (Å²) in [6, 6.07) is 2.98. The summed E-state index contributed by atoms with van der Waals surface area (Å²) in [7, 11) is 0. The van der Waals surface area contributed by atoms with E-state index < -0.39 is 76.7 Å². The largest absolute Gasteiger partial charge is 0.444 e. The van der Waals surface area contributed by atoms with Crippen molar-refractivity contribution in [2.75, 3.05) is 32.7 Å². The Morgan fingerprint density at radius 2 is 1.68 bits per heavy atom. The van der Waals surface area contributed by atoms with E-state index in [-0.39, 0.29) is 50.2 Å². The number of piperidine rings is 1. The van der Waals surface area contributed by atoms with Crippen LogP contribution >= 0.6 is 0 Å². The molecule has 4 N–H and O–H groups in total. The number of terminal acetylenes is 1. The van der Waals surface area contributed by atoms with Gasteiger partial charge in [-0.1, -0.05) is 85.7 Å². The minimum absolute atomic E-state index is 0.0183. The number of hydrogen-bond donors (Lipinski definition) is 4. The zero-order chi connectivity index (χ0) is 44.6. The van der Waals surface area contributed by atoms with Gasteiger partial charge in [0.2, 0.25) is 23.5 Å². The molecule has 328 valence electrons. The van der Waals surface area contributed by atoms with Crippen molar-refractivity contribution in [3.8, 4) is 12.3 Å². The average Bonchev–Trinajstić information content (AvgIpc) is 3.60. The van der Waals surface area contributed by atoms with Gasteiger partial charge in [0.25, 0.3) is 5.91 Å². The van der Waals surface area contributed by atoms with Gasteiger partial charge in [-0.15, -0.1) is 18.9 Å². The molecule has 0 saturated carbocycles. The molecule has 60 heavy (non-hydrogen) atoms. The Bertz CT molecular complexity index is 1840. The fourth-order valence-corrected chi connectivity index (χ4v) is 7.69. The molecule has 0 spiro atoms. The van der Waals surface area contributed by atoms with Crippen LogP contribution in [-0.4, -0.2) is 119 Å². The summed E-state index contributed by atoms with van der Waals surface area (Å²) < 4.78 is 5.97. The second-order valence-electron chi connectivity index (χ2n) is 19.1. The van der Waals surface area contributed by atoms with Crippen LogP contribution in [0.2, 0.25) is 0 Å². The van der Waals surface area contributed by atoms with E-state index in [4.69, 9.17) is 11.2 Å². The van der Waals surface area contributed by atoms with Crippen LogP contribution in [0, 0.1) is 28.6 Å². The molecule has 15 nitrogen and oxygen atoms in total. The van der Waals surface area contributed by atoms with Crippen LogP contribution in [0.15, 0.2) is 36.9 Å². The Morgan fingerprint density at radius 1 is 1.00 bits per heavy atom. The molecule has 1 unspecified atom stereocenters. The number of likely N-dealkylation sites (tertiary alicyclic amines) is 2. The first-order valence-electron chi connectivity index (χ1n) is 20.9. The lowest BCUT2D eigenvalue weighted by atomic mass is 9.81. The summed E-state index contributed by atoms with van der Waals surface area (Å²) in [6.45, 7) is 20.4. The molecule has 3 aliphatic rings. The van der Waals surface area contributed by atoms with E-state index in [0.29, 0.717) is 32.5 Å². The lowest BCUT2D eigenvalue weighted by Gasteiger charge is -2.41. The zero-order valence-electron chi connectivity index (χ0n) is 36.7. The van der Waals surface area contributed by atoms with Crippen molar-refractivity contribution in [1.82, 2.24) is 36.0 Å². The van der Waals surface area contributed by atoms with Gasteiger partial charge in [-0.3, -0.25) is 24.0 Å². The highest BCUT2D eigenvalue weighted by atomic mass is 16.6. The second-order valence-corrected chi connectivity index (χ2v) is 19.1. The number of Topliss-reactive ketones (excluding diaryl/α,β-unsaturated/α-hetero) is 1. The smallest absolute Gasteiger partial charge is 0.410 e. The Morgan fingerprint density at radius 3 is 2.30 bits per heavy atom. The minimum Gasteiger partial charge on any atom is -0.444 e. The SMILES string of the molecule is C#CCCC(NC(=O)[C@@H]1C[C@@H](OC(=O)N2CCc3ccccc3C2)CN1C(=O)[C@@H](NC(=O)N[C@H](CN1CCC(C)(C)CC1=O)C(C)(C)C)C(C)(C)C)C(=O)C(=O)NCC=C. The first-order chi connectivity index (χ1) is 28.0. The predicted octanol–water partition coefficient (Wildman–Crippen LogP) is 3.70. The van der Waals surface area contributed by atoms with Crippen LogP contribution in [0.4, 0.5) is 9.59 Å². The number of ether oxygens (including phenoxy) is 1. The lowest BCUT2D eigenvalue weighted by molar-refractivity contribution is -0.143. The third-order valence-electron chi connectivity index (χ3n) is 11.5. The summed E-state index contributed by atoms with van der Waals surface area (Å²) in [6.07, 6.45) is 7.17. The molecule has 1 aromatic carbocycles. The van der Waals surface area contributed by atoms with E-state index in [2.05, 4.69) is 47.6 Å². The topological polar surface area (TPSA) is 187 Å². The molecule has 15 heteroatoms. The van der Waals surface area contributed by atoms with Crippen molar-refractivity contribution in [3.05, 3.63) is 48.0 Å².